The van der Waals surface area contributed by atoms with Crippen molar-refractivity contribution in [2.45, 2.75) is 32.9 Å². The number of hydrogen-bond donors (Lipinski definition) is 2. The number of hydrogen-bond acceptors (Lipinski definition) is 4. The van der Waals surface area contributed by atoms with Crippen molar-refractivity contribution in [3.8, 4) is 0 Å². The molecule has 0 spiro atoms. The quantitative estimate of drug-likeness (QED) is 0.629. The van der Waals surface area contributed by atoms with Crippen LogP contribution in [0.4, 0.5) is 5.69 Å². The molecule has 0 aliphatic heterocycles. The number of nitrogens with zero attached hydrogens (tertiary/aromatic N) is 1. The molecule has 0 fully saturated rings. The highest BCUT2D eigenvalue weighted by atomic mass is 79.9. The lowest BCUT2D eigenvalue weighted by Crippen LogP contribution is -2.20. The minimum atomic E-state index is -0.986. The molecular formula is C21H21BrN2O2. The van der Waals surface area contributed by atoms with E-state index in [1.165, 1.54) is 6.92 Å². The van der Waals surface area contributed by atoms with Crippen LogP contribution in [0.3, 0.4) is 0 Å². The van der Waals surface area contributed by atoms with Gasteiger partial charge in [-0.25, -0.2) is 0 Å². The van der Waals surface area contributed by atoms with Gasteiger partial charge in [0.25, 0.3) is 0 Å². The number of carbonyl (C=O) groups excluding carboxylic acids is 1. The van der Waals surface area contributed by atoms with Crippen LogP contribution in [0.1, 0.15) is 23.7 Å². The summed E-state index contributed by atoms with van der Waals surface area (Å²) in [6.07, 6.45) is -0.829. The number of aryl methyl sites for hydroxylation is 1. The van der Waals surface area contributed by atoms with Crippen molar-refractivity contribution in [1.29, 1.82) is 0 Å². The number of aliphatic hydroxyl groups is 1. The first-order chi connectivity index (χ1) is 12.5. The van der Waals surface area contributed by atoms with Crippen molar-refractivity contribution in [2.75, 3.05) is 5.32 Å². The molecule has 5 heteroatoms. The van der Waals surface area contributed by atoms with E-state index in [1.807, 2.05) is 55.5 Å². The molecule has 0 saturated carbocycles. The zero-order chi connectivity index (χ0) is 18.7. The summed E-state index contributed by atoms with van der Waals surface area (Å²) in [5.74, 6) is -0.211. The van der Waals surface area contributed by atoms with Crippen molar-refractivity contribution < 1.29 is 9.90 Å². The Morgan fingerprint density at radius 2 is 1.88 bits per heavy atom. The third kappa shape index (κ3) is 4.11. The van der Waals surface area contributed by atoms with Gasteiger partial charge in [0.05, 0.1) is 5.52 Å². The van der Waals surface area contributed by atoms with Crippen LogP contribution in [-0.4, -0.2) is 22.0 Å². The first-order valence-electron chi connectivity index (χ1n) is 8.53. The number of para-hydroxylation sites is 1. The summed E-state index contributed by atoms with van der Waals surface area (Å²) < 4.78 is 1.04. The molecule has 0 radical (unpaired) electrons. The van der Waals surface area contributed by atoms with Gasteiger partial charge in [0.1, 0.15) is 6.10 Å². The van der Waals surface area contributed by atoms with E-state index in [9.17, 15) is 9.90 Å². The number of fused-ring (bicyclic) bond motifs is 1. The highest BCUT2D eigenvalue weighted by Crippen LogP contribution is 2.30. The van der Waals surface area contributed by atoms with E-state index in [0.29, 0.717) is 6.54 Å². The minimum Gasteiger partial charge on any atom is -0.386 e. The zero-order valence-corrected chi connectivity index (χ0v) is 16.4. The Kier molecular flexibility index (Phi) is 5.69. The highest BCUT2D eigenvalue weighted by Gasteiger charge is 2.18. The number of Topliss-reactive ketones (excluding diaryl/α,β-unsaturated/α-hetero) is 1. The van der Waals surface area contributed by atoms with E-state index < -0.39 is 6.10 Å². The molecule has 3 aromatic rings. The number of nitrogens with one attached hydrogen (secondary N) is 1. The van der Waals surface area contributed by atoms with E-state index in [4.69, 9.17) is 0 Å². The van der Waals surface area contributed by atoms with Crippen molar-refractivity contribution in [3.05, 3.63) is 69.8 Å². The average Bonchev–Trinajstić information content (AvgIpc) is 2.62. The second-order valence-electron chi connectivity index (χ2n) is 6.37. The number of halogens is 1. The summed E-state index contributed by atoms with van der Waals surface area (Å²) in [6, 6.07) is 16.0. The van der Waals surface area contributed by atoms with Crippen LogP contribution in [0.5, 0.6) is 0 Å². The molecule has 0 aliphatic carbocycles. The molecule has 0 saturated heterocycles. The van der Waals surface area contributed by atoms with E-state index in [0.717, 1.165) is 37.9 Å². The summed E-state index contributed by atoms with van der Waals surface area (Å²) >= 11 is 3.45. The third-order valence-electron chi connectivity index (χ3n) is 4.40. The molecular weight excluding hydrogens is 392 g/mol. The molecule has 3 rings (SSSR count). The van der Waals surface area contributed by atoms with Gasteiger partial charge in [0.2, 0.25) is 0 Å². The zero-order valence-electron chi connectivity index (χ0n) is 14.8. The second-order valence-corrected chi connectivity index (χ2v) is 7.28. The van der Waals surface area contributed by atoms with Crippen LogP contribution in [-0.2, 0) is 17.8 Å². The van der Waals surface area contributed by atoms with E-state index in [1.54, 1.807) is 0 Å². The monoisotopic (exact) mass is 412 g/mol. The fourth-order valence-electron chi connectivity index (χ4n) is 2.91. The Morgan fingerprint density at radius 3 is 2.58 bits per heavy atom. The molecule has 4 nitrogen and oxygen atoms in total. The number of anilines is 1. The number of aliphatic hydroxyl groups excluding tert-OH is 1. The van der Waals surface area contributed by atoms with Gasteiger partial charge in [0.15, 0.2) is 5.78 Å². The SMILES string of the molecule is Cc1nc2ccccc2c(NCc2ccc(Br)cc2)c1CC(=O)C(C)O. The Morgan fingerprint density at radius 1 is 1.19 bits per heavy atom. The minimum absolute atomic E-state index is 0.157. The molecule has 26 heavy (non-hydrogen) atoms. The van der Waals surface area contributed by atoms with Crippen LogP contribution in [0.2, 0.25) is 0 Å². The molecule has 134 valence electrons. The van der Waals surface area contributed by atoms with Crippen LogP contribution in [0, 0.1) is 6.92 Å². The lowest BCUT2D eigenvalue weighted by Gasteiger charge is -2.17. The second kappa shape index (κ2) is 7.98. The number of aromatic nitrogens is 1. The predicted molar refractivity (Wildman–Crippen MR) is 108 cm³/mol. The Bertz CT molecular complexity index is 937. The molecule has 2 N–H and O–H groups in total. The van der Waals surface area contributed by atoms with Crippen LogP contribution in [0.15, 0.2) is 53.0 Å². The van der Waals surface area contributed by atoms with Gasteiger partial charge in [0, 0.05) is 39.8 Å². The van der Waals surface area contributed by atoms with Crippen molar-refractivity contribution in [1.82, 2.24) is 4.98 Å². The number of pyridine rings is 1. The maximum Gasteiger partial charge on any atom is 0.165 e. The topological polar surface area (TPSA) is 62.2 Å². The van der Waals surface area contributed by atoms with Gasteiger partial charge in [-0.3, -0.25) is 9.78 Å². The summed E-state index contributed by atoms with van der Waals surface area (Å²) in [5, 5.41) is 14.1. The summed E-state index contributed by atoms with van der Waals surface area (Å²) in [6.45, 7) is 4.04. The summed E-state index contributed by atoms with van der Waals surface area (Å²) in [4.78, 5) is 16.8. The van der Waals surface area contributed by atoms with Crippen molar-refractivity contribution in [2.24, 2.45) is 0 Å². The smallest absolute Gasteiger partial charge is 0.165 e. The number of rotatable bonds is 6. The molecule has 1 aromatic heterocycles. The fourth-order valence-corrected chi connectivity index (χ4v) is 3.17. The van der Waals surface area contributed by atoms with Gasteiger partial charge < -0.3 is 10.4 Å². The van der Waals surface area contributed by atoms with Gasteiger partial charge in [-0.2, -0.15) is 0 Å². The number of benzene rings is 2. The largest absolute Gasteiger partial charge is 0.386 e. The third-order valence-corrected chi connectivity index (χ3v) is 4.93. The van der Waals surface area contributed by atoms with Crippen LogP contribution in [0.25, 0.3) is 10.9 Å². The maximum absolute atomic E-state index is 12.2. The van der Waals surface area contributed by atoms with Gasteiger partial charge in [-0.05, 0) is 37.6 Å². The molecule has 1 heterocycles. The Hall–Kier alpha value is -2.24. The average molecular weight is 413 g/mol. The molecule has 2 aromatic carbocycles. The molecule has 1 unspecified atom stereocenters. The molecule has 0 amide bonds. The van der Waals surface area contributed by atoms with Gasteiger partial charge in [-0.15, -0.1) is 0 Å². The van der Waals surface area contributed by atoms with Crippen LogP contribution < -0.4 is 5.32 Å². The summed E-state index contributed by atoms with van der Waals surface area (Å²) in [7, 11) is 0. The lowest BCUT2D eigenvalue weighted by molar-refractivity contribution is -0.125. The van der Waals surface area contributed by atoms with Gasteiger partial charge in [-0.1, -0.05) is 46.3 Å². The van der Waals surface area contributed by atoms with E-state index in [2.05, 4.69) is 26.2 Å². The fraction of sp³-hybridized carbons (Fsp3) is 0.238. The predicted octanol–water partition coefficient (Wildman–Crippen LogP) is 4.41. The first-order valence-corrected chi connectivity index (χ1v) is 9.32. The molecule has 0 aliphatic rings. The number of carbonyl (C=O) groups is 1. The molecule has 0 bridgehead atoms. The Balaban J connectivity index is 2.01. The number of ketones is 1. The van der Waals surface area contributed by atoms with Gasteiger partial charge >= 0.3 is 0 Å². The first kappa shape index (κ1) is 18.5. The van der Waals surface area contributed by atoms with Crippen molar-refractivity contribution >= 4 is 38.3 Å². The van der Waals surface area contributed by atoms with E-state index in [-0.39, 0.29) is 12.2 Å². The van der Waals surface area contributed by atoms with Crippen molar-refractivity contribution in [3.63, 3.8) is 0 Å². The highest BCUT2D eigenvalue weighted by molar-refractivity contribution is 9.10. The molecule has 1 atom stereocenters. The van der Waals surface area contributed by atoms with Crippen LogP contribution >= 0.6 is 15.9 Å². The standard InChI is InChI=1S/C21H21BrN2O2/c1-13-18(11-20(26)14(2)25)21(17-5-3-4-6-19(17)24-13)23-12-15-7-9-16(22)10-8-15/h3-10,14,25H,11-12H2,1-2H3,(H,23,24). The Labute approximate surface area is 161 Å². The summed E-state index contributed by atoms with van der Waals surface area (Å²) in [5.41, 5.74) is 4.57. The lowest BCUT2D eigenvalue weighted by atomic mass is 9.99. The maximum atomic E-state index is 12.2. The van der Waals surface area contributed by atoms with E-state index >= 15 is 0 Å². The normalized spacial score (nSPS) is 12.2.